The number of rotatable bonds is 8. The SMILES string of the molecule is CC(C)(C)OC(=O)N1CCN(CCOCCOCCBr)CC1. The predicted molar refractivity (Wildman–Crippen MR) is 89.7 cm³/mol. The fraction of sp³-hybridized carbons (Fsp3) is 0.933. The third kappa shape index (κ3) is 8.92. The minimum Gasteiger partial charge on any atom is -0.444 e. The van der Waals surface area contributed by atoms with Crippen molar-refractivity contribution in [2.75, 3.05) is 64.5 Å². The Kier molecular flexibility index (Phi) is 9.31. The van der Waals surface area contributed by atoms with Gasteiger partial charge in [-0.3, -0.25) is 4.90 Å². The molecular weight excluding hydrogens is 352 g/mol. The molecule has 1 amide bonds. The topological polar surface area (TPSA) is 51.2 Å². The number of carbonyl (C=O) groups excluding carboxylic acids is 1. The van der Waals surface area contributed by atoms with Gasteiger partial charge in [0, 0.05) is 38.1 Å². The number of ether oxygens (including phenoxy) is 3. The van der Waals surface area contributed by atoms with Crippen LogP contribution in [0.1, 0.15) is 20.8 Å². The Hall–Kier alpha value is -0.370. The molecule has 6 nitrogen and oxygen atoms in total. The molecule has 0 aromatic carbocycles. The Morgan fingerprint density at radius 1 is 1.00 bits per heavy atom. The highest BCUT2D eigenvalue weighted by atomic mass is 79.9. The summed E-state index contributed by atoms with van der Waals surface area (Å²) in [7, 11) is 0. The van der Waals surface area contributed by atoms with Crippen LogP contribution >= 0.6 is 15.9 Å². The molecule has 1 saturated heterocycles. The van der Waals surface area contributed by atoms with Crippen LogP contribution < -0.4 is 0 Å². The quantitative estimate of drug-likeness (QED) is 0.475. The molecule has 0 saturated carbocycles. The van der Waals surface area contributed by atoms with Crippen LogP contribution in [0.15, 0.2) is 0 Å². The van der Waals surface area contributed by atoms with Crippen molar-refractivity contribution in [2.24, 2.45) is 0 Å². The molecule has 0 bridgehead atoms. The van der Waals surface area contributed by atoms with Gasteiger partial charge in [0.2, 0.25) is 0 Å². The van der Waals surface area contributed by atoms with Crippen LogP contribution in [0.5, 0.6) is 0 Å². The second-order valence-corrected chi connectivity index (χ2v) is 7.02. The number of hydrogen-bond donors (Lipinski definition) is 0. The highest BCUT2D eigenvalue weighted by Crippen LogP contribution is 2.11. The maximum Gasteiger partial charge on any atom is 0.410 e. The number of piperazine rings is 1. The molecule has 0 unspecified atom stereocenters. The van der Waals surface area contributed by atoms with Gasteiger partial charge >= 0.3 is 6.09 Å². The third-order valence-corrected chi connectivity index (χ3v) is 3.49. The zero-order chi connectivity index (χ0) is 16.4. The molecule has 0 spiro atoms. The number of halogens is 1. The largest absolute Gasteiger partial charge is 0.444 e. The molecule has 1 aliphatic rings. The van der Waals surface area contributed by atoms with E-state index in [1.807, 2.05) is 20.8 Å². The number of nitrogens with zero attached hydrogens (tertiary/aromatic N) is 2. The first-order valence-electron chi connectivity index (χ1n) is 7.84. The molecule has 0 radical (unpaired) electrons. The van der Waals surface area contributed by atoms with E-state index >= 15 is 0 Å². The minimum atomic E-state index is -0.432. The van der Waals surface area contributed by atoms with Gasteiger partial charge < -0.3 is 19.1 Å². The van der Waals surface area contributed by atoms with Crippen LogP contribution in [-0.2, 0) is 14.2 Å². The first-order valence-corrected chi connectivity index (χ1v) is 8.96. The summed E-state index contributed by atoms with van der Waals surface area (Å²) in [6, 6.07) is 0. The highest BCUT2D eigenvalue weighted by Gasteiger charge is 2.25. The Morgan fingerprint density at radius 3 is 2.14 bits per heavy atom. The minimum absolute atomic E-state index is 0.215. The van der Waals surface area contributed by atoms with E-state index in [0.29, 0.717) is 32.9 Å². The van der Waals surface area contributed by atoms with Gasteiger partial charge in [-0.1, -0.05) is 15.9 Å². The molecule has 22 heavy (non-hydrogen) atoms. The highest BCUT2D eigenvalue weighted by molar-refractivity contribution is 9.09. The average Bonchev–Trinajstić information content (AvgIpc) is 2.45. The molecule has 0 N–H and O–H groups in total. The maximum atomic E-state index is 11.9. The van der Waals surface area contributed by atoms with Gasteiger partial charge in [-0.05, 0) is 20.8 Å². The van der Waals surface area contributed by atoms with Crippen molar-refractivity contribution >= 4 is 22.0 Å². The molecule has 1 heterocycles. The van der Waals surface area contributed by atoms with Crippen molar-refractivity contribution in [3.8, 4) is 0 Å². The molecule has 0 aromatic rings. The fourth-order valence-electron chi connectivity index (χ4n) is 2.05. The van der Waals surface area contributed by atoms with E-state index < -0.39 is 5.60 Å². The Balaban J connectivity index is 2.06. The van der Waals surface area contributed by atoms with Crippen molar-refractivity contribution in [3.05, 3.63) is 0 Å². The van der Waals surface area contributed by atoms with Gasteiger partial charge in [-0.25, -0.2) is 4.79 Å². The Bertz CT molecular complexity index is 315. The molecule has 130 valence electrons. The van der Waals surface area contributed by atoms with Crippen LogP contribution in [0.25, 0.3) is 0 Å². The van der Waals surface area contributed by atoms with Crippen LogP contribution in [0, 0.1) is 0 Å². The molecule has 1 aliphatic heterocycles. The average molecular weight is 381 g/mol. The standard InChI is InChI=1S/C15H29BrN2O4/c1-15(2,3)22-14(19)18-7-5-17(6-8-18)9-11-21-13-12-20-10-4-16/h4-13H2,1-3H3. The summed E-state index contributed by atoms with van der Waals surface area (Å²) >= 11 is 3.31. The smallest absolute Gasteiger partial charge is 0.410 e. The van der Waals surface area contributed by atoms with Crippen molar-refractivity contribution in [2.45, 2.75) is 26.4 Å². The van der Waals surface area contributed by atoms with Crippen LogP contribution in [0.4, 0.5) is 4.79 Å². The lowest BCUT2D eigenvalue weighted by Crippen LogP contribution is -2.50. The first-order chi connectivity index (χ1) is 10.4. The van der Waals surface area contributed by atoms with Gasteiger partial charge in [0.1, 0.15) is 5.60 Å². The van der Waals surface area contributed by atoms with E-state index in [2.05, 4.69) is 20.8 Å². The second-order valence-electron chi connectivity index (χ2n) is 6.22. The lowest BCUT2D eigenvalue weighted by molar-refractivity contribution is 0.00870. The van der Waals surface area contributed by atoms with Gasteiger partial charge in [0.25, 0.3) is 0 Å². The van der Waals surface area contributed by atoms with Crippen molar-refractivity contribution in [1.82, 2.24) is 9.80 Å². The number of alkyl halides is 1. The van der Waals surface area contributed by atoms with Gasteiger partial charge in [-0.2, -0.15) is 0 Å². The summed E-state index contributed by atoms with van der Waals surface area (Å²) in [5.41, 5.74) is -0.432. The van der Waals surface area contributed by atoms with Crippen molar-refractivity contribution in [3.63, 3.8) is 0 Å². The summed E-state index contributed by atoms with van der Waals surface area (Å²) in [5, 5.41) is 0.856. The number of carbonyl (C=O) groups is 1. The van der Waals surface area contributed by atoms with Gasteiger partial charge in [0.15, 0.2) is 0 Å². The Labute approximate surface area is 142 Å². The van der Waals surface area contributed by atoms with E-state index in [1.165, 1.54) is 0 Å². The monoisotopic (exact) mass is 380 g/mol. The maximum absolute atomic E-state index is 11.9. The zero-order valence-electron chi connectivity index (χ0n) is 14.0. The van der Waals surface area contributed by atoms with Crippen LogP contribution in [0.2, 0.25) is 0 Å². The molecule has 1 rings (SSSR count). The van der Waals surface area contributed by atoms with Gasteiger partial charge in [-0.15, -0.1) is 0 Å². The van der Waals surface area contributed by atoms with Crippen LogP contribution in [0.3, 0.4) is 0 Å². The van der Waals surface area contributed by atoms with Gasteiger partial charge in [0.05, 0.1) is 26.4 Å². The molecule has 1 fully saturated rings. The summed E-state index contributed by atoms with van der Waals surface area (Å²) in [4.78, 5) is 16.0. The predicted octanol–water partition coefficient (Wildman–Crippen LogP) is 1.97. The normalized spacial score (nSPS) is 16.8. The fourth-order valence-corrected chi connectivity index (χ4v) is 2.28. The van der Waals surface area contributed by atoms with Crippen molar-refractivity contribution < 1.29 is 19.0 Å². The van der Waals surface area contributed by atoms with E-state index in [4.69, 9.17) is 14.2 Å². The van der Waals surface area contributed by atoms with Crippen LogP contribution in [-0.4, -0.2) is 86.0 Å². The summed E-state index contributed by atoms with van der Waals surface area (Å²) < 4.78 is 16.2. The Morgan fingerprint density at radius 2 is 1.59 bits per heavy atom. The van der Waals surface area contributed by atoms with E-state index in [1.54, 1.807) is 4.90 Å². The molecular formula is C15H29BrN2O4. The third-order valence-electron chi connectivity index (χ3n) is 3.17. The van der Waals surface area contributed by atoms with E-state index in [-0.39, 0.29) is 6.09 Å². The molecule has 7 heteroatoms. The summed E-state index contributed by atoms with van der Waals surface area (Å²) in [5.74, 6) is 0. The van der Waals surface area contributed by atoms with Crippen molar-refractivity contribution in [1.29, 1.82) is 0 Å². The lowest BCUT2D eigenvalue weighted by atomic mass is 10.2. The summed E-state index contributed by atoms with van der Waals surface area (Å²) in [6.45, 7) is 12.4. The lowest BCUT2D eigenvalue weighted by Gasteiger charge is -2.35. The number of hydrogen-bond acceptors (Lipinski definition) is 5. The molecule has 0 aromatic heterocycles. The number of amides is 1. The summed E-state index contributed by atoms with van der Waals surface area (Å²) in [6.07, 6.45) is -0.215. The van der Waals surface area contributed by atoms with E-state index in [0.717, 1.165) is 31.6 Å². The molecule has 0 atom stereocenters. The molecule has 0 aliphatic carbocycles. The van der Waals surface area contributed by atoms with E-state index in [9.17, 15) is 4.79 Å². The first kappa shape index (κ1) is 19.7. The second kappa shape index (κ2) is 10.4. The zero-order valence-corrected chi connectivity index (χ0v) is 15.6.